The van der Waals surface area contributed by atoms with Crippen LogP contribution in [0.15, 0.2) is 75.5 Å². The maximum Gasteiger partial charge on any atom is 0.250 e. The SMILES string of the molecule is CN1C=NCC1.NC(=O)C1=CN=C2C=C(Cl)C=C(c3ccccc3F)N2C=C1. The Hall–Kier alpha value is -3.19. The highest BCUT2D eigenvalue weighted by atomic mass is 35.5. The second kappa shape index (κ2) is 8.67. The number of nitrogens with two attached hydrogens (primary N) is 1. The number of aliphatic imine (C=N–C) groups is 2. The van der Waals surface area contributed by atoms with E-state index >= 15 is 0 Å². The number of hydrogen-bond acceptors (Lipinski definition) is 5. The highest BCUT2D eigenvalue weighted by molar-refractivity contribution is 6.34. The number of allylic oxidation sites excluding steroid dienone is 2. The van der Waals surface area contributed by atoms with E-state index in [1.165, 1.54) is 18.3 Å². The van der Waals surface area contributed by atoms with E-state index in [0.717, 1.165) is 13.1 Å². The molecule has 0 spiro atoms. The van der Waals surface area contributed by atoms with Crippen molar-refractivity contribution < 1.29 is 9.18 Å². The number of amidine groups is 1. The third-order valence-electron chi connectivity index (χ3n) is 4.08. The van der Waals surface area contributed by atoms with Crippen LogP contribution in [0.1, 0.15) is 5.56 Å². The third-order valence-corrected chi connectivity index (χ3v) is 4.30. The van der Waals surface area contributed by atoms with Gasteiger partial charge in [-0.05, 0) is 24.3 Å². The van der Waals surface area contributed by atoms with Crippen LogP contribution in [0.5, 0.6) is 0 Å². The first-order valence-corrected chi connectivity index (χ1v) is 8.92. The van der Waals surface area contributed by atoms with Crippen LogP contribution in [-0.4, -0.2) is 48.0 Å². The van der Waals surface area contributed by atoms with E-state index < -0.39 is 5.91 Å². The summed E-state index contributed by atoms with van der Waals surface area (Å²) < 4.78 is 14.1. The van der Waals surface area contributed by atoms with E-state index in [-0.39, 0.29) is 11.4 Å². The molecule has 4 rings (SSSR count). The van der Waals surface area contributed by atoms with E-state index in [0.29, 0.717) is 22.1 Å². The first-order chi connectivity index (χ1) is 13.5. The molecule has 1 amide bonds. The van der Waals surface area contributed by atoms with Gasteiger partial charge >= 0.3 is 0 Å². The van der Waals surface area contributed by atoms with Crippen LogP contribution in [0.4, 0.5) is 4.39 Å². The Balaban J connectivity index is 0.000000320. The van der Waals surface area contributed by atoms with E-state index in [9.17, 15) is 9.18 Å². The Morgan fingerprint density at radius 1 is 1.29 bits per heavy atom. The molecule has 0 bridgehead atoms. The number of hydrogen-bond donors (Lipinski definition) is 1. The Morgan fingerprint density at radius 2 is 2.07 bits per heavy atom. The summed E-state index contributed by atoms with van der Waals surface area (Å²) >= 11 is 6.10. The minimum absolute atomic E-state index is 0.249. The summed E-state index contributed by atoms with van der Waals surface area (Å²) in [6, 6.07) is 6.36. The number of fused-ring (bicyclic) bond motifs is 1. The van der Waals surface area contributed by atoms with E-state index in [4.69, 9.17) is 17.3 Å². The zero-order chi connectivity index (χ0) is 20.1. The van der Waals surface area contributed by atoms with E-state index in [1.54, 1.807) is 41.5 Å². The molecule has 3 heterocycles. The monoisotopic (exact) mass is 399 g/mol. The van der Waals surface area contributed by atoms with Gasteiger partial charge in [0.05, 0.1) is 24.2 Å². The van der Waals surface area contributed by atoms with Crippen LogP contribution in [0.2, 0.25) is 0 Å². The fraction of sp³-hybridized carbons (Fsp3) is 0.150. The molecule has 0 radical (unpaired) electrons. The Kier molecular flexibility index (Phi) is 6.06. The maximum atomic E-state index is 14.1. The average molecular weight is 400 g/mol. The van der Waals surface area contributed by atoms with Crippen LogP contribution >= 0.6 is 11.6 Å². The highest BCUT2D eigenvalue weighted by Gasteiger charge is 2.22. The summed E-state index contributed by atoms with van der Waals surface area (Å²) in [4.78, 5) is 23.2. The fourth-order valence-electron chi connectivity index (χ4n) is 2.64. The quantitative estimate of drug-likeness (QED) is 0.831. The lowest BCUT2D eigenvalue weighted by Crippen LogP contribution is -2.25. The molecule has 2 N–H and O–H groups in total. The van der Waals surface area contributed by atoms with Crippen molar-refractivity contribution in [3.63, 3.8) is 0 Å². The molecule has 3 aliphatic heterocycles. The first-order valence-electron chi connectivity index (χ1n) is 8.55. The van der Waals surface area contributed by atoms with E-state index in [2.05, 4.69) is 14.9 Å². The molecule has 28 heavy (non-hydrogen) atoms. The van der Waals surface area contributed by atoms with Crippen molar-refractivity contribution in [2.24, 2.45) is 15.7 Å². The van der Waals surface area contributed by atoms with Gasteiger partial charge in [-0.3, -0.25) is 9.79 Å². The van der Waals surface area contributed by atoms with Crippen LogP contribution < -0.4 is 5.73 Å². The van der Waals surface area contributed by atoms with Crippen molar-refractivity contribution >= 4 is 35.4 Å². The lowest BCUT2D eigenvalue weighted by atomic mass is 10.1. The van der Waals surface area contributed by atoms with E-state index in [1.807, 2.05) is 13.4 Å². The number of halogens is 2. The van der Waals surface area contributed by atoms with Crippen molar-refractivity contribution in [3.05, 3.63) is 76.9 Å². The molecule has 6 nitrogen and oxygen atoms in total. The Bertz CT molecular complexity index is 961. The predicted molar refractivity (Wildman–Crippen MR) is 110 cm³/mol. The first kappa shape index (κ1) is 19.6. The summed E-state index contributed by atoms with van der Waals surface area (Å²) in [6.45, 7) is 2.08. The standard InChI is InChI=1S/C16H11ClFN3O.C4H8N2/c17-11-7-14(12-3-1-2-4-13(12)18)21-6-5-10(16(19)22)9-20-15(21)8-11;1-6-3-2-5-4-6/h1-9H,(H2,19,22);4H,2-3H2,1H3. The zero-order valence-corrected chi connectivity index (χ0v) is 16.0. The smallest absolute Gasteiger partial charge is 0.250 e. The minimum atomic E-state index is -0.591. The van der Waals surface area contributed by atoms with Gasteiger partial charge in [0.1, 0.15) is 11.7 Å². The molecule has 1 aromatic rings. The molecule has 3 aliphatic rings. The molecule has 0 aromatic heterocycles. The summed E-state index contributed by atoms with van der Waals surface area (Å²) in [5.41, 5.74) is 6.42. The number of amides is 1. The number of carbonyl (C=O) groups excluding carboxylic acids is 1. The summed E-state index contributed by atoms with van der Waals surface area (Å²) in [5, 5.41) is 0.414. The van der Waals surface area contributed by atoms with Crippen LogP contribution in [-0.2, 0) is 4.79 Å². The molecular formula is C20H19ClFN5O. The summed E-state index contributed by atoms with van der Waals surface area (Å²) in [7, 11) is 2.02. The second-order valence-electron chi connectivity index (χ2n) is 6.16. The molecule has 0 aliphatic carbocycles. The molecule has 0 saturated heterocycles. The molecular weight excluding hydrogens is 381 g/mol. The van der Waals surface area contributed by atoms with Gasteiger partial charge < -0.3 is 15.5 Å². The number of benzene rings is 1. The number of rotatable bonds is 2. The van der Waals surface area contributed by atoms with Crippen molar-refractivity contribution in [3.8, 4) is 0 Å². The van der Waals surface area contributed by atoms with Gasteiger partial charge in [0.2, 0.25) is 5.91 Å². The van der Waals surface area contributed by atoms with Gasteiger partial charge in [0.15, 0.2) is 0 Å². The number of carbonyl (C=O) groups is 1. The lowest BCUT2D eigenvalue weighted by Gasteiger charge is -2.26. The summed E-state index contributed by atoms with van der Waals surface area (Å²) in [5.74, 6) is -0.495. The van der Waals surface area contributed by atoms with Gasteiger partial charge in [0, 0.05) is 42.7 Å². The number of primary amides is 1. The van der Waals surface area contributed by atoms with Crippen molar-refractivity contribution in [2.45, 2.75) is 0 Å². The second-order valence-corrected chi connectivity index (χ2v) is 6.60. The zero-order valence-electron chi connectivity index (χ0n) is 15.2. The molecule has 1 aromatic carbocycles. The van der Waals surface area contributed by atoms with Crippen LogP contribution in [0.25, 0.3) is 5.70 Å². The van der Waals surface area contributed by atoms with Gasteiger partial charge in [-0.2, -0.15) is 0 Å². The topological polar surface area (TPSA) is 74.3 Å². The molecule has 8 heteroatoms. The fourth-order valence-corrected chi connectivity index (χ4v) is 2.84. The maximum absolute atomic E-state index is 14.1. The van der Waals surface area contributed by atoms with Crippen LogP contribution in [0, 0.1) is 5.82 Å². The molecule has 0 atom stereocenters. The molecule has 144 valence electrons. The molecule has 0 unspecified atom stereocenters. The minimum Gasteiger partial charge on any atom is -0.366 e. The number of likely N-dealkylation sites (N-methyl/N-ethyl adjacent to an activating group) is 1. The van der Waals surface area contributed by atoms with Gasteiger partial charge in [-0.25, -0.2) is 9.38 Å². The molecule has 0 fully saturated rings. The predicted octanol–water partition coefficient (Wildman–Crippen LogP) is 2.86. The lowest BCUT2D eigenvalue weighted by molar-refractivity contribution is -0.114. The summed E-state index contributed by atoms with van der Waals surface area (Å²) in [6.07, 6.45) is 9.62. The number of nitrogens with zero attached hydrogens (tertiary/aromatic N) is 4. The normalized spacial score (nSPS) is 17.5. The van der Waals surface area contributed by atoms with Crippen molar-refractivity contribution in [1.82, 2.24) is 9.80 Å². The Morgan fingerprint density at radius 3 is 2.68 bits per heavy atom. The largest absolute Gasteiger partial charge is 0.366 e. The third kappa shape index (κ3) is 4.55. The van der Waals surface area contributed by atoms with Crippen molar-refractivity contribution in [1.29, 1.82) is 0 Å². The van der Waals surface area contributed by atoms with Crippen molar-refractivity contribution in [2.75, 3.05) is 20.1 Å². The van der Waals surface area contributed by atoms with Gasteiger partial charge in [-0.1, -0.05) is 23.7 Å². The average Bonchev–Trinajstić information content (AvgIpc) is 3.03. The van der Waals surface area contributed by atoms with Crippen LogP contribution in [0.3, 0.4) is 0 Å². The highest BCUT2D eigenvalue weighted by Crippen LogP contribution is 2.30. The van der Waals surface area contributed by atoms with Gasteiger partial charge in [-0.15, -0.1) is 0 Å². The molecule has 0 saturated carbocycles. The Labute approximate surface area is 167 Å². The van der Waals surface area contributed by atoms with Gasteiger partial charge in [0.25, 0.3) is 0 Å².